The molecule has 2 aromatic carbocycles. The predicted octanol–water partition coefficient (Wildman–Crippen LogP) is 4.65. The molecule has 116 valence electrons. The van der Waals surface area contributed by atoms with Crippen molar-refractivity contribution in [2.75, 3.05) is 0 Å². The lowest BCUT2D eigenvalue weighted by Gasteiger charge is -2.14. The van der Waals surface area contributed by atoms with Gasteiger partial charge in [0.1, 0.15) is 24.4 Å². The van der Waals surface area contributed by atoms with Gasteiger partial charge in [-0.2, -0.15) is 0 Å². The van der Waals surface area contributed by atoms with Crippen LogP contribution in [0.1, 0.15) is 42.6 Å². The van der Waals surface area contributed by atoms with Gasteiger partial charge in [0.15, 0.2) is 0 Å². The van der Waals surface area contributed by atoms with Crippen LogP contribution in [-0.2, 0) is 6.61 Å². The smallest absolute Gasteiger partial charge is 0.150 e. The van der Waals surface area contributed by atoms with Crippen LogP contribution in [-0.4, -0.2) is 12.4 Å². The van der Waals surface area contributed by atoms with Gasteiger partial charge in [0, 0.05) is 5.56 Å². The molecule has 0 saturated carbocycles. The monoisotopic (exact) mass is 298 g/mol. The lowest BCUT2D eigenvalue weighted by atomic mass is 10.2. The van der Waals surface area contributed by atoms with E-state index < -0.39 is 0 Å². The van der Waals surface area contributed by atoms with Crippen molar-refractivity contribution in [3.8, 4) is 11.5 Å². The minimum Gasteiger partial charge on any atom is -0.491 e. The summed E-state index contributed by atoms with van der Waals surface area (Å²) in [5, 5.41) is 0. The second-order valence-electron chi connectivity index (χ2n) is 5.34. The first-order chi connectivity index (χ1) is 10.7. The van der Waals surface area contributed by atoms with Crippen molar-refractivity contribution in [1.29, 1.82) is 0 Å². The van der Waals surface area contributed by atoms with E-state index in [-0.39, 0.29) is 6.10 Å². The number of hydrogen-bond acceptors (Lipinski definition) is 3. The van der Waals surface area contributed by atoms with E-state index in [1.807, 2.05) is 24.3 Å². The highest BCUT2D eigenvalue weighted by molar-refractivity contribution is 5.74. The molecule has 0 aliphatic rings. The fourth-order valence-corrected chi connectivity index (χ4v) is 2.17. The van der Waals surface area contributed by atoms with Crippen LogP contribution in [0.5, 0.6) is 11.5 Å². The second-order valence-corrected chi connectivity index (χ2v) is 5.34. The number of carbonyl (C=O) groups excluding carboxylic acids is 1. The zero-order valence-electron chi connectivity index (χ0n) is 13.1. The summed E-state index contributed by atoms with van der Waals surface area (Å²) < 4.78 is 11.5. The first kappa shape index (κ1) is 16.1. The molecule has 0 N–H and O–H groups in total. The van der Waals surface area contributed by atoms with Crippen molar-refractivity contribution in [3.05, 3.63) is 59.7 Å². The van der Waals surface area contributed by atoms with Crippen molar-refractivity contribution in [2.24, 2.45) is 0 Å². The fraction of sp³-hybridized carbons (Fsp3) is 0.316. The lowest BCUT2D eigenvalue weighted by molar-refractivity contribution is 0.112. The standard InChI is InChI=1S/C19H22O3/c1-3-4-15(2)22-19-11-7-17(8-12-19)14-21-18-9-5-16(13-20)6-10-18/h5-13,15H,3-4,14H2,1-2H3. The number of aldehydes is 1. The van der Waals surface area contributed by atoms with E-state index in [9.17, 15) is 4.79 Å². The molecule has 0 radical (unpaired) electrons. The van der Waals surface area contributed by atoms with Gasteiger partial charge in [0.2, 0.25) is 0 Å². The Morgan fingerprint density at radius 3 is 2.23 bits per heavy atom. The van der Waals surface area contributed by atoms with Gasteiger partial charge in [-0.3, -0.25) is 4.79 Å². The summed E-state index contributed by atoms with van der Waals surface area (Å²) >= 11 is 0. The Balaban J connectivity index is 1.86. The van der Waals surface area contributed by atoms with E-state index in [0.717, 1.165) is 36.2 Å². The average Bonchev–Trinajstić information content (AvgIpc) is 2.55. The molecule has 0 saturated heterocycles. The number of hydrogen-bond donors (Lipinski definition) is 0. The normalized spacial score (nSPS) is 11.7. The zero-order chi connectivity index (χ0) is 15.8. The number of benzene rings is 2. The second kappa shape index (κ2) is 8.23. The molecular formula is C19H22O3. The molecule has 0 aromatic heterocycles. The van der Waals surface area contributed by atoms with Gasteiger partial charge in [-0.05, 0) is 55.3 Å². The van der Waals surface area contributed by atoms with Crippen molar-refractivity contribution in [2.45, 2.75) is 39.4 Å². The van der Waals surface area contributed by atoms with Crippen LogP contribution < -0.4 is 9.47 Å². The predicted molar refractivity (Wildman–Crippen MR) is 87.6 cm³/mol. The van der Waals surface area contributed by atoms with Crippen LogP contribution in [0, 0.1) is 0 Å². The largest absolute Gasteiger partial charge is 0.491 e. The topological polar surface area (TPSA) is 35.5 Å². The number of ether oxygens (including phenoxy) is 2. The molecule has 0 aliphatic carbocycles. The van der Waals surface area contributed by atoms with Crippen LogP contribution in [0.25, 0.3) is 0 Å². The van der Waals surface area contributed by atoms with Gasteiger partial charge < -0.3 is 9.47 Å². The Morgan fingerprint density at radius 1 is 1.00 bits per heavy atom. The molecule has 22 heavy (non-hydrogen) atoms. The Bertz CT molecular complexity index is 573. The molecule has 1 unspecified atom stereocenters. The molecule has 3 nitrogen and oxygen atoms in total. The van der Waals surface area contributed by atoms with E-state index >= 15 is 0 Å². The molecule has 0 amide bonds. The van der Waals surface area contributed by atoms with Gasteiger partial charge in [-0.15, -0.1) is 0 Å². The van der Waals surface area contributed by atoms with Crippen LogP contribution in [0.3, 0.4) is 0 Å². The van der Waals surface area contributed by atoms with Crippen LogP contribution >= 0.6 is 0 Å². The first-order valence-corrected chi connectivity index (χ1v) is 7.65. The van der Waals surface area contributed by atoms with Crippen LogP contribution in [0.2, 0.25) is 0 Å². The number of carbonyl (C=O) groups is 1. The molecule has 1 atom stereocenters. The summed E-state index contributed by atoms with van der Waals surface area (Å²) in [4.78, 5) is 10.6. The highest BCUT2D eigenvalue weighted by Crippen LogP contribution is 2.18. The molecule has 2 aromatic rings. The molecular weight excluding hydrogens is 276 g/mol. The Morgan fingerprint density at radius 2 is 1.64 bits per heavy atom. The summed E-state index contributed by atoms with van der Waals surface area (Å²) in [5.74, 6) is 1.64. The third-order valence-electron chi connectivity index (χ3n) is 3.38. The van der Waals surface area contributed by atoms with E-state index in [1.54, 1.807) is 24.3 Å². The van der Waals surface area contributed by atoms with Crippen LogP contribution in [0.15, 0.2) is 48.5 Å². The molecule has 0 fully saturated rings. The Labute approximate surface area is 131 Å². The molecule has 0 spiro atoms. The van der Waals surface area contributed by atoms with E-state index in [0.29, 0.717) is 12.2 Å². The summed E-state index contributed by atoms with van der Waals surface area (Å²) in [5.41, 5.74) is 1.73. The highest BCUT2D eigenvalue weighted by Gasteiger charge is 2.03. The van der Waals surface area contributed by atoms with Crippen molar-refractivity contribution >= 4 is 6.29 Å². The van der Waals surface area contributed by atoms with Crippen LogP contribution in [0.4, 0.5) is 0 Å². The molecule has 0 heterocycles. The highest BCUT2D eigenvalue weighted by atomic mass is 16.5. The van der Waals surface area contributed by atoms with Gasteiger partial charge in [-0.25, -0.2) is 0 Å². The lowest BCUT2D eigenvalue weighted by Crippen LogP contribution is -2.10. The van der Waals surface area contributed by atoms with E-state index in [2.05, 4.69) is 13.8 Å². The maximum atomic E-state index is 10.6. The summed E-state index contributed by atoms with van der Waals surface area (Å²) in [7, 11) is 0. The SMILES string of the molecule is CCCC(C)Oc1ccc(COc2ccc(C=O)cc2)cc1. The van der Waals surface area contributed by atoms with Gasteiger partial charge in [0.25, 0.3) is 0 Å². The minimum atomic E-state index is 0.239. The van der Waals surface area contributed by atoms with Crippen molar-refractivity contribution < 1.29 is 14.3 Å². The number of rotatable bonds is 8. The zero-order valence-corrected chi connectivity index (χ0v) is 13.1. The molecule has 0 aliphatic heterocycles. The third-order valence-corrected chi connectivity index (χ3v) is 3.38. The first-order valence-electron chi connectivity index (χ1n) is 7.65. The van der Waals surface area contributed by atoms with Gasteiger partial charge in [-0.1, -0.05) is 25.5 Å². The third kappa shape index (κ3) is 4.92. The minimum absolute atomic E-state index is 0.239. The molecule has 0 bridgehead atoms. The fourth-order valence-electron chi connectivity index (χ4n) is 2.17. The summed E-state index contributed by atoms with van der Waals surface area (Å²) in [6, 6.07) is 15.0. The Kier molecular flexibility index (Phi) is 6.01. The molecule has 2 rings (SSSR count). The molecule has 3 heteroatoms. The Hall–Kier alpha value is -2.29. The van der Waals surface area contributed by atoms with Crippen molar-refractivity contribution in [1.82, 2.24) is 0 Å². The van der Waals surface area contributed by atoms with Gasteiger partial charge >= 0.3 is 0 Å². The maximum Gasteiger partial charge on any atom is 0.150 e. The van der Waals surface area contributed by atoms with E-state index in [1.165, 1.54) is 0 Å². The summed E-state index contributed by atoms with van der Waals surface area (Å²) in [6.07, 6.45) is 3.24. The van der Waals surface area contributed by atoms with Gasteiger partial charge in [0.05, 0.1) is 6.10 Å². The van der Waals surface area contributed by atoms with E-state index in [4.69, 9.17) is 9.47 Å². The summed E-state index contributed by atoms with van der Waals surface area (Å²) in [6.45, 7) is 4.73. The average molecular weight is 298 g/mol. The quantitative estimate of drug-likeness (QED) is 0.666. The maximum absolute atomic E-state index is 10.6. The van der Waals surface area contributed by atoms with Crippen molar-refractivity contribution in [3.63, 3.8) is 0 Å².